The molecule has 0 radical (unpaired) electrons. The van der Waals surface area contributed by atoms with Crippen LogP contribution in [0.15, 0.2) is 12.7 Å². The van der Waals surface area contributed by atoms with Gasteiger partial charge < -0.3 is 11.5 Å². The van der Waals surface area contributed by atoms with Crippen LogP contribution in [0.2, 0.25) is 0 Å². The van der Waals surface area contributed by atoms with Crippen molar-refractivity contribution in [2.24, 2.45) is 11.5 Å². The molecule has 0 aromatic rings. The van der Waals surface area contributed by atoms with E-state index >= 15 is 0 Å². The van der Waals surface area contributed by atoms with Crippen LogP contribution in [-0.2, 0) is 0 Å². The molecule has 0 aromatic carbocycles. The van der Waals surface area contributed by atoms with Gasteiger partial charge in [-0.1, -0.05) is 18.9 Å². The molecule has 1 aliphatic carbocycles. The minimum Gasteiger partial charge on any atom is -0.326 e. The van der Waals surface area contributed by atoms with Crippen molar-refractivity contribution in [2.45, 2.75) is 43.7 Å². The van der Waals surface area contributed by atoms with Crippen LogP contribution in [0.3, 0.4) is 0 Å². The SMILES string of the molecule is C=CCC1(N)CCCCC1N. The maximum Gasteiger partial charge on any atom is 0.0342 e. The summed E-state index contributed by atoms with van der Waals surface area (Å²) in [5.41, 5.74) is 11.9. The molecule has 0 amide bonds. The molecule has 1 rings (SSSR count). The molecular formula is C9H18N2. The first-order chi connectivity index (χ1) is 5.19. The molecule has 64 valence electrons. The molecule has 0 spiro atoms. The molecule has 0 aliphatic heterocycles. The molecule has 2 atom stereocenters. The monoisotopic (exact) mass is 154 g/mol. The van der Waals surface area contributed by atoms with Crippen LogP contribution >= 0.6 is 0 Å². The normalized spacial score (nSPS) is 38.5. The van der Waals surface area contributed by atoms with E-state index in [0.29, 0.717) is 0 Å². The van der Waals surface area contributed by atoms with Crippen molar-refractivity contribution in [3.8, 4) is 0 Å². The Morgan fingerprint density at radius 2 is 2.27 bits per heavy atom. The summed E-state index contributed by atoms with van der Waals surface area (Å²) in [6.45, 7) is 3.70. The largest absolute Gasteiger partial charge is 0.326 e. The van der Waals surface area contributed by atoms with Gasteiger partial charge in [0.25, 0.3) is 0 Å². The molecule has 1 aliphatic rings. The fourth-order valence-corrected chi connectivity index (χ4v) is 1.81. The van der Waals surface area contributed by atoms with E-state index in [1.54, 1.807) is 0 Å². The molecule has 2 heteroatoms. The van der Waals surface area contributed by atoms with Gasteiger partial charge in [-0.15, -0.1) is 6.58 Å². The van der Waals surface area contributed by atoms with Crippen molar-refractivity contribution in [3.63, 3.8) is 0 Å². The molecule has 2 nitrogen and oxygen atoms in total. The Hall–Kier alpha value is -0.340. The van der Waals surface area contributed by atoms with E-state index in [-0.39, 0.29) is 11.6 Å². The lowest BCUT2D eigenvalue weighted by Crippen LogP contribution is -2.56. The Balaban J connectivity index is 2.56. The third-order valence-electron chi connectivity index (χ3n) is 2.67. The molecular weight excluding hydrogens is 136 g/mol. The van der Waals surface area contributed by atoms with Gasteiger partial charge in [0.05, 0.1) is 0 Å². The number of rotatable bonds is 2. The summed E-state index contributed by atoms with van der Waals surface area (Å²) < 4.78 is 0. The van der Waals surface area contributed by atoms with Crippen LogP contribution in [0.4, 0.5) is 0 Å². The van der Waals surface area contributed by atoms with Crippen LogP contribution in [0.1, 0.15) is 32.1 Å². The summed E-state index contributed by atoms with van der Waals surface area (Å²) in [6, 6.07) is 0.175. The van der Waals surface area contributed by atoms with Crippen molar-refractivity contribution in [3.05, 3.63) is 12.7 Å². The Morgan fingerprint density at radius 3 is 2.82 bits per heavy atom. The standard InChI is InChI=1S/C9H18N2/c1-2-6-9(11)7-4-3-5-8(9)10/h2,8H,1,3-7,10-11H2. The Bertz CT molecular complexity index is 144. The maximum atomic E-state index is 6.12. The third kappa shape index (κ3) is 1.82. The number of hydrogen-bond acceptors (Lipinski definition) is 2. The average molecular weight is 154 g/mol. The molecule has 0 bridgehead atoms. The van der Waals surface area contributed by atoms with Gasteiger partial charge in [-0.05, 0) is 19.3 Å². The topological polar surface area (TPSA) is 52.0 Å². The zero-order chi connectivity index (χ0) is 8.32. The van der Waals surface area contributed by atoms with Crippen molar-refractivity contribution in [1.82, 2.24) is 0 Å². The summed E-state index contributed by atoms with van der Waals surface area (Å²) in [4.78, 5) is 0. The highest BCUT2D eigenvalue weighted by Gasteiger charge is 2.33. The summed E-state index contributed by atoms with van der Waals surface area (Å²) in [5, 5.41) is 0. The van der Waals surface area contributed by atoms with Gasteiger partial charge in [0.15, 0.2) is 0 Å². The average Bonchev–Trinajstić information content (AvgIpc) is 1.96. The predicted molar refractivity (Wildman–Crippen MR) is 48.2 cm³/mol. The summed E-state index contributed by atoms with van der Waals surface area (Å²) in [6.07, 6.45) is 7.32. The maximum absolute atomic E-state index is 6.12. The number of hydrogen-bond donors (Lipinski definition) is 2. The summed E-state index contributed by atoms with van der Waals surface area (Å²) >= 11 is 0. The van der Waals surface area contributed by atoms with Crippen molar-refractivity contribution >= 4 is 0 Å². The van der Waals surface area contributed by atoms with Crippen LogP contribution in [0.5, 0.6) is 0 Å². The minimum absolute atomic E-state index is 0.153. The van der Waals surface area contributed by atoms with Gasteiger partial charge in [0.1, 0.15) is 0 Å². The highest BCUT2D eigenvalue weighted by atomic mass is 14.9. The highest BCUT2D eigenvalue weighted by molar-refractivity contribution is 5.00. The van der Waals surface area contributed by atoms with Crippen molar-refractivity contribution < 1.29 is 0 Å². The number of nitrogens with two attached hydrogens (primary N) is 2. The van der Waals surface area contributed by atoms with E-state index in [9.17, 15) is 0 Å². The van der Waals surface area contributed by atoms with E-state index in [4.69, 9.17) is 11.5 Å². The zero-order valence-electron chi connectivity index (χ0n) is 7.05. The Labute approximate surface area is 68.6 Å². The lowest BCUT2D eigenvalue weighted by molar-refractivity contribution is 0.255. The predicted octanol–water partition coefficient (Wildman–Crippen LogP) is 1.16. The quantitative estimate of drug-likeness (QED) is 0.586. The lowest BCUT2D eigenvalue weighted by atomic mass is 9.76. The third-order valence-corrected chi connectivity index (χ3v) is 2.67. The molecule has 0 saturated heterocycles. The first-order valence-corrected chi connectivity index (χ1v) is 4.34. The van der Waals surface area contributed by atoms with E-state index in [1.165, 1.54) is 12.8 Å². The van der Waals surface area contributed by atoms with Crippen molar-refractivity contribution in [1.29, 1.82) is 0 Å². The first kappa shape index (κ1) is 8.75. The fraction of sp³-hybridized carbons (Fsp3) is 0.778. The molecule has 1 saturated carbocycles. The molecule has 4 N–H and O–H groups in total. The minimum atomic E-state index is -0.153. The summed E-state index contributed by atoms with van der Waals surface area (Å²) in [5.74, 6) is 0. The van der Waals surface area contributed by atoms with Gasteiger partial charge in [-0.2, -0.15) is 0 Å². The smallest absolute Gasteiger partial charge is 0.0342 e. The molecule has 2 unspecified atom stereocenters. The Morgan fingerprint density at radius 1 is 1.55 bits per heavy atom. The van der Waals surface area contributed by atoms with Crippen LogP contribution in [0.25, 0.3) is 0 Å². The van der Waals surface area contributed by atoms with Crippen LogP contribution in [-0.4, -0.2) is 11.6 Å². The Kier molecular flexibility index (Phi) is 2.68. The zero-order valence-corrected chi connectivity index (χ0v) is 7.05. The fourth-order valence-electron chi connectivity index (χ4n) is 1.81. The highest BCUT2D eigenvalue weighted by Crippen LogP contribution is 2.27. The van der Waals surface area contributed by atoms with Gasteiger partial charge >= 0.3 is 0 Å². The van der Waals surface area contributed by atoms with E-state index in [0.717, 1.165) is 19.3 Å². The first-order valence-electron chi connectivity index (χ1n) is 4.34. The molecule has 1 fully saturated rings. The van der Waals surface area contributed by atoms with Gasteiger partial charge in [-0.3, -0.25) is 0 Å². The van der Waals surface area contributed by atoms with E-state index < -0.39 is 0 Å². The van der Waals surface area contributed by atoms with Crippen LogP contribution in [0, 0.1) is 0 Å². The second-order valence-electron chi connectivity index (χ2n) is 3.58. The molecule has 11 heavy (non-hydrogen) atoms. The molecule has 0 heterocycles. The van der Waals surface area contributed by atoms with Crippen LogP contribution < -0.4 is 11.5 Å². The van der Waals surface area contributed by atoms with E-state index in [2.05, 4.69) is 6.58 Å². The van der Waals surface area contributed by atoms with E-state index in [1.807, 2.05) is 6.08 Å². The lowest BCUT2D eigenvalue weighted by Gasteiger charge is -2.38. The van der Waals surface area contributed by atoms with Crippen molar-refractivity contribution in [2.75, 3.05) is 0 Å². The van der Waals surface area contributed by atoms with Gasteiger partial charge in [0.2, 0.25) is 0 Å². The second kappa shape index (κ2) is 3.37. The van der Waals surface area contributed by atoms with Gasteiger partial charge in [-0.25, -0.2) is 0 Å². The molecule has 0 aromatic heterocycles. The van der Waals surface area contributed by atoms with Gasteiger partial charge in [0, 0.05) is 11.6 Å². The second-order valence-corrected chi connectivity index (χ2v) is 3.58. The summed E-state index contributed by atoms with van der Waals surface area (Å²) in [7, 11) is 0.